The van der Waals surface area contributed by atoms with Gasteiger partial charge in [-0.1, -0.05) is 4.98 Å². The Bertz CT molecular complexity index is 426. The third-order valence-electron chi connectivity index (χ3n) is 2.03. The lowest BCUT2D eigenvalue weighted by Gasteiger charge is -2.15. The summed E-state index contributed by atoms with van der Waals surface area (Å²) in [6.07, 6.45) is 5.25. The summed E-state index contributed by atoms with van der Waals surface area (Å²) in [5.41, 5.74) is 1.95. The summed E-state index contributed by atoms with van der Waals surface area (Å²) in [7, 11) is 0. The molecule has 0 bridgehead atoms. The lowest BCUT2D eigenvalue weighted by Crippen LogP contribution is -2.50. The number of fused-ring (bicyclic) bond motifs is 1. The van der Waals surface area contributed by atoms with Crippen LogP contribution >= 0.6 is 0 Å². The maximum absolute atomic E-state index is 5.27. The number of rotatable bonds is 0. The zero-order valence-electron chi connectivity index (χ0n) is 8.11. The van der Waals surface area contributed by atoms with Gasteiger partial charge in [-0.15, -0.1) is 0 Å². The van der Waals surface area contributed by atoms with E-state index in [9.17, 15) is 0 Å². The van der Waals surface area contributed by atoms with Crippen molar-refractivity contribution >= 4 is 11.1 Å². The van der Waals surface area contributed by atoms with Crippen LogP contribution in [0.15, 0.2) is 29.3 Å². The Labute approximate surface area is 77.0 Å². The molecule has 2 aromatic heterocycles. The van der Waals surface area contributed by atoms with Crippen LogP contribution in [0.4, 0.5) is 0 Å². The third kappa shape index (κ3) is 1.30. The van der Waals surface area contributed by atoms with E-state index in [1.54, 1.807) is 12.5 Å². The van der Waals surface area contributed by atoms with Gasteiger partial charge in [0, 0.05) is 6.07 Å². The van der Waals surface area contributed by atoms with E-state index >= 15 is 0 Å². The second kappa shape index (κ2) is 2.55. The summed E-state index contributed by atoms with van der Waals surface area (Å²) in [4.78, 5) is 4.12. The van der Waals surface area contributed by atoms with E-state index < -0.39 is 0 Å². The Morgan fingerprint density at radius 3 is 2.85 bits per heavy atom. The van der Waals surface area contributed by atoms with E-state index in [-0.39, 0.29) is 5.54 Å². The summed E-state index contributed by atoms with van der Waals surface area (Å²) >= 11 is 0. The van der Waals surface area contributed by atoms with Crippen LogP contribution in [-0.2, 0) is 5.54 Å². The summed E-state index contributed by atoms with van der Waals surface area (Å²) in [5.74, 6) is 0. The first-order valence-corrected chi connectivity index (χ1v) is 4.32. The summed E-state index contributed by atoms with van der Waals surface area (Å²) < 4.78 is 7.37. The van der Waals surface area contributed by atoms with Gasteiger partial charge in [-0.25, -0.2) is 4.57 Å². The maximum atomic E-state index is 5.27. The van der Waals surface area contributed by atoms with Gasteiger partial charge in [-0.05, 0) is 20.8 Å². The molecule has 2 aromatic rings. The second-order valence-corrected chi connectivity index (χ2v) is 4.10. The molecule has 0 amide bonds. The van der Waals surface area contributed by atoms with Gasteiger partial charge in [0.2, 0.25) is 5.58 Å². The third-order valence-corrected chi connectivity index (χ3v) is 2.03. The maximum Gasteiger partial charge on any atom is 0.287 e. The number of hydrogen-bond acceptors (Lipinski definition) is 2. The van der Waals surface area contributed by atoms with Gasteiger partial charge >= 0.3 is 0 Å². The SMILES string of the molecule is CC(C)(C)[n+]1cncc2occc21. The molecule has 68 valence electrons. The lowest BCUT2D eigenvalue weighted by molar-refractivity contribution is -0.733. The fourth-order valence-electron chi connectivity index (χ4n) is 1.37. The fourth-order valence-corrected chi connectivity index (χ4v) is 1.37. The standard InChI is InChI=1S/C10H13N2O/c1-10(2,3)12-7-11-6-9-8(12)4-5-13-9/h4-7H,1-3H3/q+1. The zero-order valence-corrected chi connectivity index (χ0v) is 8.11. The monoisotopic (exact) mass is 177 g/mol. The average molecular weight is 177 g/mol. The minimum absolute atomic E-state index is 0.0381. The molecule has 13 heavy (non-hydrogen) atoms. The number of furan rings is 1. The minimum atomic E-state index is 0.0381. The first-order chi connectivity index (χ1) is 6.09. The highest BCUT2D eigenvalue weighted by molar-refractivity contribution is 5.66. The van der Waals surface area contributed by atoms with Gasteiger partial charge in [0.15, 0.2) is 11.7 Å². The van der Waals surface area contributed by atoms with E-state index in [2.05, 4.69) is 30.3 Å². The predicted molar refractivity (Wildman–Crippen MR) is 49.2 cm³/mol. The van der Waals surface area contributed by atoms with Gasteiger partial charge in [0.25, 0.3) is 6.33 Å². The molecule has 2 rings (SSSR count). The van der Waals surface area contributed by atoms with Crippen LogP contribution in [0.2, 0.25) is 0 Å². The largest absolute Gasteiger partial charge is 0.456 e. The van der Waals surface area contributed by atoms with E-state index in [0.717, 1.165) is 11.1 Å². The Morgan fingerprint density at radius 2 is 2.15 bits per heavy atom. The molecule has 0 saturated heterocycles. The Kier molecular flexibility index (Phi) is 1.62. The predicted octanol–water partition coefficient (Wildman–Crippen LogP) is 1.87. The number of aromatic nitrogens is 2. The van der Waals surface area contributed by atoms with Crippen molar-refractivity contribution in [2.24, 2.45) is 0 Å². The fraction of sp³-hybridized carbons (Fsp3) is 0.400. The number of nitrogens with zero attached hydrogens (tertiary/aromatic N) is 2. The molecule has 0 aliphatic heterocycles. The molecule has 0 N–H and O–H groups in total. The summed E-state index contributed by atoms with van der Waals surface area (Å²) in [6, 6.07) is 1.96. The van der Waals surface area contributed by atoms with Crippen molar-refractivity contribution in [3.05, 3.63) is 24.9 Å². The van der Waals surface area contributed by atoms with Crippen molar-refractivity contribution in [3.8, 4) is 0 Å². The minimum Gasteiger partial charge on any atom is -0.456 e. The molecule has 0 atom stereocenters. The van der Waals surface area contributed by atoms with Crippen molar-refractivity contribution in [3.63, 3.8) is 0 Å². The smallest absolute Gasteiger partial charge is 0.287 e. The van der Waals surface area contributed by atoms with Crippen LogP contribution in [0.25, 0.3) is 11.1 Å². The summed E-state index contributed by atoms with van der Waals surface area (Å²) in [5, 5.41) is 0. The van der Waals surface area contributed by atoms with Gasteiger partial charge in [0.05, 0.1) is 6.26 Å². The highest BCUT2D eigenvalue weighted by Gasteiger charge is 2.21. The first-order valence-electron chi connectivity index (χ1n) is 4.32. The van der Waals surface area contributed by atoms with E-state index in [1.807, 2.05) is 12.4 Å². The van der Waals surface area contributed by atoms with Crippen LogP contribution in [0.1, 0.15) is 20.8 Å². The van der Waals surface area contributed by atoms with Crippen molar-refractivity contribution in [1.29, 1.82) is 0 Å². The highest BCUT2D eigenvalue weighted by atomic mass is 16.3. The number of hydrogen-bond donors (Lipinski definition) is 0. The Balaban J connectivity index is 2.75. The van der Waals surface area contributed by atoms with Gasteiger partial charge in [0.1, 0.15) is 5.54 Å². The zero-order chi connectivity index (χ0) is 9.47. The molecule has 0 spiro atoms. The molecule has 0 radical (unpaired) electrons. The molecule has 0 aliphatic rings. The quantitative estimate of drug-likeness (QED) is 0.575. The molecule has 3 heteroatoms. The normalized spacial score (nSPS) is 12.2. The van der Waals surface area contributed by atoms with Crippen molar-refractivity contribution in [2.45, 2.75) is 26.3 Å². The van der Waals surface area contributed by atoms with Gasteiger partial charge < -0.3 is 4.42 Å². The second-order valence-electron chi connectivity index (χ2n) is 4.10. The molecule has 0 aromatic carbocycles. The molecular formula is C10H13N2O+. The van der Waals surface area contributed by atoms with E-state index in [4.69, 9.17) is 4.42 Å². The molecule has 0 aliphatic carbocycles. The Hall–Kier alpha value is -1.38. The molecule has 2 heterocycles. The Morgan fingerprint density at radius 1 is 1.38 bits per heavy atom. The molecule has 0 saturated carbocycles. The molecule has 0 unspecified atom stereocenters. The summed E-state index contributed by atoms with van der Waals surface area (Å²) in [6.45, 7) is 6.42. The van der Waals surface area contributed by atoms with Crippen molar-refractivity contribution < 1.29 is 8.98 Å². The van der Waals surface area contributed by atoms with Crippen molar-refractivity contribution in [1.82, 2.24) is 4.98 Å². The molecular weight excluding hydrogens is 164 g/mol. The topological polar surface area (TPSA) is 29.9 Å². The lowest BCUT2D eigenvalue weighted by atomic mass is 10.1. The van der Waals surface area contributed by atoms with E-state index in [1.165, 1.54) is 0 Å². The first kappa shape index (κ1) is 8.23. The highest BCUT2D eigenvalue weighted by Crippen LogP contribution is 2.13. The van der Waals surface area contributed by atoms with Crippen LogP contribution in [-0.4, -0.2) is 4.98 Å². The molecule has 0 fully saturated rings. The van der Waals surface area contributed by atoms with Crippen LogP contribution in [0.5, 0.6) is 0 Å². The average Bonchev–Trinajstić information content (AvgIpc) is 2.48. The van der Waals surface area contributed by atoms with E-state index in [0.29, 0.717) is 0 Å². The van der Waals surface area contributed by atoms with Gasteiger partial charge in [-0.3, -0.25) is 0 Å². The van der Waals surface area contributed by atoms with Gasteiger partial charge in [-0.2, -0.15) is 0 Å². The van der Waals surface area contributed by atoms with Crippen LogP contribution in [0.3, 0.4) is 0 Å². The molecule has 3 nitrogen and oxygen atoms in total. The van der Waals surface area contributed by atoms with Crippen LogP contribution < -0.4 is 4.57 Å². The van der Waals surface area contributed by atoms with Crippen LogP contribution in [0, 0.1) is 0 Å². The van der Waals surface area contributed by atoms with Crippen molar-refractivity contribution in [2.75, 3.05) is 0 Å².